The number of aromatic nitrogens is 2. The molecular weight excluding hydrogens is 328 g/mol. The third-order valence-electron chi connectivity index (χ3n) is 4.12. The normalized spacial score (nSPS) is 26.9. The Hall–Kier alpha value is -1.81. The standard InChI is InChI=1S/C16H26N4O5/c1-9(2)20(10(3)4)8-17-12-5-6-19(16(24)18-12)15-14(23)13(22)11(7-21)25-15/h5-6,8-11,13-15,21-23H,7H2,1-4H3. The van der Waals surface area contributed by atoms with Crippen molar-refractivity contribution >= 4 is 12.2 Å². The zero-order valence-corrected chi connectivity index (χ0v) is 14.9. The molecule has 0 bridgehead atoms. The molecule has 0 aromatic carbocycles. The molecule has 1 fully saturated rings. The number of aliphatic imine (C=N–C) groups is 1. The monoisotopic (exact) mass is 354 g/mol. The first-order valence-electron chi connectivity index (χ1n) is 8.29. The van der Waals surface area contributed by atoms with Crippen LogP contribution in [0.2, 0.25) is 0 Å². The lowest BCUT2D eigenvalue weighted by Gasteiger charge is -2.28. The Bertz CT molecular complexity index is 652. The van der Waals surface area contributed by atoms with Crippen molar-refractivity contribution in [3.63, 3.8) is 0 Å². The molecule has 3 N–H and O–H groups in total. The number of hydrogen-bond donors (Lipinski definition) is 3. The number of aliphatic hydroxyl groups is 3. The molecule has 0 saturated carbocycles. The average molecular weight is 354 g/mol. The van der Waals surface area contributed by atoms with E-state index >= 15 is 0 Å². The Kier molecular flexibility index (Phi) is 6.28. The predicted molar refractivity (Wildman–Crippen MR) is 91.8 cm³/mol. The summed E-state index contributed by atoms with van der Waals surface area (Å²) in [4.78, 5) is 22.3. The molecule has 1 aliphatic rings. The zero-order valence-electron chi connectivity index (χ0n) is 14.9. The van der Waals surface area contributed by atoms with Gasteiger partial charge in [-0.05, 0) is 33.8 Å². The lowest BCUT2D eigenvalue weighted by molar-refractivity contribution is -0.0549. The Morgan fingerprint density at radius 3 is 2.44 bits per heavy atom. The first-order chi connectivity index (χ1) is 11.8. The Balaban J connectivity index is 2.20. The second kappa shape index (κ2) is 8.05. The second-order valence-corrected chi connectivity index (χ2v) is 6.58. The number of hydrogen-bond acceptors (Lipinski definition) is 7. The largest absolute Gasteiger partial charge is 0.394 e. The minimum absolute atomic E-state index is 0.235. The van der Waals surface area contributed by atoms with Crippen molar-refractivity contribution in [2.75, 3.05) is 6.61 Å². The minimum atomic E-state index is -1.33. The van der Waals surface area contributed by atoms with E-state index < -0.39 is 36.8 Å². The molecule has 9 nitrogen and oxygen atoms in total. The van der Waals surface area contributed by atoms with Crippen molar-refractivity contribution < 1.29 is 20.1 Å². The highest BCUT2D eigenvalue weighted by Crippen LogP contribution is 2.28. The van der Waals surface area contributed by atoms with E-state index in [1.165, 1.54) is 12.3 Å². The van der Waals surface area contributed by atoms with Crippen LogP contribution in [0.25, 0.3) is 0 Å². The molecule has 4 unspecified atom stereocenters. The van der Waals surface area contributed by atoms with Gasteiger partial charge < -0.3 is 25.0 Å². The van der Waals surface area contributed by atoms with Crippen LogP contribution < -0.4 is 5.69 Å². The quantitative estimate of drug-likeness (QED) is 0.471. The summed E-state index contributed by atoms with van der Waals surface area (Å²) in [6.07, 6.45) is -1.61. The maximum absolute atomic E-state index is 12.2. The van der Waals surface area contributed by atoms with Crippen LogP contribution in [0.15, 0.2) is 22.1 Å². The van der Waals surface area contributed by atoms with E-state index in [-0.39, 0.29) is 17.9 Å². The molecule has 1 aromatic rings. The third kappa shape index (κ3) is 4.24. The van der Waals surface area contributed by atoms with Crippen LogP contribution in [0.5, 0.6) is 0 Å². The van der Waals surface area contributed by atoms with E-state index in [1.807, 2.05) is 32.6 Å². The molecule has 140 valence electrons. The maximum atomic E-state index is 12.2. The number of nitrogens with zero attached hydrogens (tertiary/aromatic N) is 4. The van der Waals surface area contributed by atoms with Gasteiger partial charge in [0.05, 0.1) is 12.9 Å². The molecule has 1 aliphatic heterocycles. The van der Waals surface area contributed by atoms with Gasteiger partial charge in [0.15, 0.2) is 12.0 Å². The fraction of sp³-hybridized carbons (Fsp3) is 0.688. The van der Waals surface area contributed by atoms with Crippen molar-refractivity contribution in [1.29, 1.82) is 0 Å². The number of aliphatic hydroxyl groups excluding tert-OH is 3. The van der Waals surface area contributed by atoms with Crippen molar-refractivity contribution in [3.8, 4) is 0 Å². The predicted octanol–water partition coefficient (Wildman–Crippen LogP) is -0.367. The molecular formula is C16H26N4O5. The van der Waals surface area contributed by atoms with Gasteiger partial charge in [0.1, 0.15) is 18.3 Å². The fourth-order valence-electron chi connectivity index (χ4n) is 2.77. The topological polar surface area (TPSA) is 120 Å². The van der Waals surface area contributed by atoms with E-state index in [4.69, 9.17) is 9.84 Å². The summed E-state index contributed by atoms with van der Waals surface area (Å²) in [6.45, 7) is 7.70. The van der Waals surface area contributed by atoms with E-state index in [1.54, 1.807) is 6.34 Å². The molecule has 0 spiro atoms. The van der Waals surface area contributed by atoms with Crippen molar-refractivity contribution in [2.24, 2.45) is 4.99 Å². The van der Waals surface area contributed by atoms with E-state index in [0.29, 0.717) is 0 Å². The number of rotatable bonds is 6. The van der Waals surface area contributed by atoms with Crippen LogP contribution in [-0.4, -0.2) is 73.1 Å². The van der Waals surface area contributed by atoms with Crippen LogP contribution in [0.4, 0.5) is 5.82 Å². The molecule has 4 atom stereocenters. The summed E-state index contributed by atoms with van der Waals surface area (Å²) >= 11 is 0. The SMILES string of the molecule is CC(C)N(C=Nc1ccn(C2OC(CO)C(O)C2O)c(=O)n1)C(C)C. The molecule has 1 saturated heterocycles. The van der Waals surface area contributed by atoms with Crippen LogP contribution in [0, 0.1) is 0 Å². The van der Waals surface area contributed by atoms with Crippen molar-refractivity contribution in [1.82, 2.24) is 14.5 Å². The number of ether oxygens (including phenoxy) is 1. The van der Waals surface area contributed by atoms with Gasteiger partial charge in [-0.15, -0.1) is 0 Å². The van der Waals surface area contributed by atoms with Gasteiger partial charge in [0.25, 0.3) is 0 Å². The summed E-state index contributed by atoms with van der Waals surface area (Å²) in [5.41, 5.74) is -0.662. The van der Waals surface area contributed by atoms with Gasteiger partial charge in [-0.1, -0.05) is 0 Å². The molecule has 2 rings (SSSR count). The molecule has 1 aromatic heterocycles. The highest BCUT2D eigenvalue weighted by atomic mass is 16.6. The zero-order chi connectivity index (χ0) is 18.7. The summed E-state index contributed by atoms with van der Waals surface area (Å²) in [5.74, 6) is 0.235. The van der Waals surface area contributed by atoms with Crippen molar-refractivity contribution in [2.45, 2.75) is 64.3 Å². The van der Waals surface area contributed by atoms with Crippen LogP contribution in [0.1, 0.15) is 33.9 Å². The van der Waals surface area contributed by atoms with Gasteiger partial charge in [0.2, 0.25) is 0 Å². The summed E-state index contributed by atoms with van der Waals surface area (Å²) in [6, 6.07) is 2.02. The fourth-order valence-corrected chi connectivity index (χ4v) is 2.77. The summed E-state index contributed by atoms with van der Waals surface area (Å²) < 4.78 is 6.40. The first-order valence-corrected chi connectivity index (χ1v) is 8.29. The Labute approximate surface area is 146 Å². The Morgan fingerprint density at radius 2 is 1.96 bits per heavy atom. The second-order valence-electron chi connectivity index (χ2n) is 6.58. The van der Waals surface area contributed by atoms with Crippen molar-refractivity contribution in [3.05, 3.63) is 22.7 Å². The molecule has 0 aliphatic carbocycles. The third-order valence-corrected chi connectivity index (χ3v) is 4.12. The summed E-state index contributed by atoms with van der Waals surface area (Å²) in [5, 5.41) is 28.9. The highest BCUT2D eigenvalue weighted by molar-refractivity contribution is 5.60. The molecule has 2 heterocycles. The van der Waals surface area contributed by atoms with Gasteiger partial charge in [-0.25, -0.2) is 9.79 Å². The minimum Gasteiger partial charge on any atom is -0.394 e. The molecule has 0 radical (unpaired) electrons. The lowest BCUT2D eigenvalue weighted by atomic mass is 10.1. The van der Waals surface area contributed by atoms with Crippen LogP contribution in [0.3, 0.4) is 0 Å². The summed E-state index contributed by atoms with van der Waals surface area (Å²) in [7, 11) is 0. The molecule has 0 amide bonds. The smallest absolute Gasteiger partial charge is 0.351 e. The van der Waals surface area contributed by atoms with Gasteiger partial charge >= 0.3 is 5.69 Å². The van der Waals surface area contributed by atoms with E-state index in [9.17, 15) is 15.0 Å². The van der Waals surface area contributed by atoms with Gasteiger partial charge in [0, 0.05) is 18.3 Å². The Morgan fingerprint density at radius 1 is 1.32 bits per heavy atom. The van der Waals surface area contributed by atoms with E-state index in [0.717, 1.165) is 4.57 Å². The van der Waals surface area contributed by atoms with Gasteiger partial charge in [-0.3, -0.25) is 4.57 Å². The lowest BCUT2D eigenvalue weighted by Crippen LogP contribution is -2.36. The first kappa shape index (κ1) is 19.5. The maximum Gasteiger partial charge on any atom is 0.351 e. The van der Waals surface area contributed by atoms with Crippen LogP contribution in [-0.2, 0) is 4.74 Å². The van der Waals surface area contributed by atoms with Gasteiger partial charge in [-0.2, -0.15) is 4.98 Å². The average Bonchev–Trinajstić information content (AvgIpc) is 2.82. The molecule has 9 heteroatoms. The highest BCUT2D eigenvalue weighted by Gasteiger charge is 2.43. The molecule has 25 heavy (non-hydrogen) atoms. The van der Waals surface area contributed by atoms with E-state index in [2.05, 4.69) is 9.98 Å². The van der Waals surface area contributed by atoms with Crippen LogP contribution >= 0.6 is 0 Å².